The van der Waals surface area contributed by atoms with Crippen molar-refractivity contribution in [2.75, 3.05) is 51.1 Å². The van der Waals surface area contributed by atoms with Crippen molar-refractivity contribution in [3.05, 3.63) is 144 Å². The average Bonchev–Trinajstić information content (AvgIpc) is 2.87. The first kappa shape index (κ1) is 63.0. The van der Waals surface area contributed by atoms with Gasteiger partial charge >= 0.3 is 42.0 Å². The van der Waals surface area contributed by atoms with Crippen LogP contribution in [0.15, 0.2) is 121 Å². The third kappa shape index (κ3) is 18.2. The fourth-order valence-corrected chi connectivity index (χ4v) is 9.35. The maximum absolute atomic E-state index is 14.4. The molecule has 2 amide bonds. The quantitative estimate of drug-likeness (QED) is 0.0246. The zero-order chi connectivity index (χ0) is 58.3. The fraction of sp³-hybridized carbons (Fsp3) is 0.456. The molecule has 3 fully saturated rings. The first-order valence-corrected chi connectivity index (χ1v) is 27.8. The Bertz CT molecular complexity index is 2690. The smallest absolute Gasteiger partial charge is 0.407 e. The first-order valence-electron chi connectivity index (χ1n) is 26.2. The number of amides is 2. The summed E-state index contributed by atoms with van der Waals surface area (Å²) in [5.41, 5.74) is 2.52. The second kappa shape index (κ2) is 32.3. The molecule has 82 heavy (non-hydrogen) atoms. The van der Waals surface area contributed by atoms with Gasteiger partial charge < -0.3 is 72.2 Å². The number of carbonyl (C=O) groups is 7. The maximum Gasteiger partial charge on any atom is 0.407 e. The normalized spacial score (nSPS) is 23.5. The number of esters is 5. The summed E-state index contributed by atoms with van der Waals surface area (Å²) in [6.07, 6.45) is -13.8. The minimum Gasteiger partial charge on any atom is -0.465 e. The number of unbranched alkanes of at least 4 members (excludes halogenated alkanes) is 2. The van der Waals surface area contributed by atoms with Crippen LogP contribution in [0.3, 0.4) is 0 Å². The number of rotatable bonds is 30. The molecule has 0 spiro atoms. The van der Waals surface area contributed by atoms with Gasteiger partial charge in [0.25, 0.3) is 5.79 Å². The maximum atomic E-state index is 14.4. The van der Waals surface area contributed by atoms with Crippen molar-refractivity contribution in [3.63, 3.8) is 0 Å². The SMILES string of the molecule is COC(=O)[C@@]1(OC[C@H]2O[C@@H](OCCCCCNC(=O)OCc3ccccc3)[C@H](OC(=O)c3ccccc3)[C@@H](OCc3ccccc3)[C@H]2OCc2ccccc2)C[C@@H]2OC(=O)N[C@H]2[C@H]([C@H](OC(=O)CCl)[C@@H](COC(=O)CCl)OC(=O)CCl)O1. The summed E-state index contributed by atoms with van der Waals surface area (Å²) in [5.74, 6) is -9.71. The molecule has 0 bridgehead atoms. The van der Waals surface area contributed by atoms with Gasteiger partial charge in [-0.3, -0.25) is 14.4 Å². The second-order valence-corrected chi connectivity index (χ2v) is 19.5. The zero-order valence-corrected chi connectivity index (χ0v) is 46.8. The van der Waals surface area contributed by atoms with E-state index < -0.39 is 146 Å². The monoisotopic (exact) mass is 1200 g/mol. The van der Waals surface area contributed by atoms with Gasteiger partial charge in [-0.05, 0) is 48.1 Å². The van der Waals surface area contributed by atoms with Crippen LogP contribution in [0.1, 0.15) is 52.7 Å². The molecule has 3 aliphatic heterocycles. The van der Waals surface area contributed by atoms with Gasteiger partial charge in [0, 0.05) is 13.2 Å². The predicted molar refractivity (Wildman–Crippen MR) is 289 cm³/mol. The average molecular weight is 1200 g/mol. The number of hydrogen-bond donors (Lipinski definition) is 2. The Hall–Kier alpha value is -6.60. The summed E-state index contributed by atoms with van der Waals surface area (Å²) in [6.45, 7) is -1.07. The van der Waals surface area contributed by atoms with Crippen molar-refractivity contribution in [1.82, 2.24) is 10.6 Å². The lowest BCUT2D eigenvalue weighted by Gasteiger charge is -2.48. The van der Waals surface area contributed by atoms with Gasteiger partial charge in [-0.25, -0.2) is 19.2 Å². The highest BCUT2D eigenvalue weighted by Gasteiger charge is 2.62. The van der Waals surface area contributed by atoms with Crippen LogP contribution in [-0.2, 0) is 101 Å². The molecule has 3 saturated heterocycles. The number of halogens is 3. The Kier molecular flexibility index (Phi) is 24.8. The highest BCUT2D eigenvalue weighted by Crippen LogP contribution is 2.40. The molecule has 0 aliphatic carbocycles. The van der Waals surface area contributed by atoms with Gasteiger partial charge in [-0.2, -0.15) is 0 Å². The summed E-state index contributed by atoms with van der Waals surface area (Å²) in [5, 5.41) is 5.33. The number of ether oxygens (including phenoxy) is 13. The van der Waals surface area contributed by atoms with Crippen LogP contribution in [0.25, 0.3) is 0 Å². The fourth-order valence-electron chi connectivity index (χ4n) is 9.15. The van der Waals surface area contributed by atoms with Gasteiger partial charge in [0.1, 0.15) is 61.4 Å². The summed E-state index contributed by atoms with van der Waals surface area (Å²) >= 11 is 17.4. The molecule has 22 nitrogen and oxygen atoms in total. The number of benzene rings is 4. The molecule has 11 atom stereocenters. The summed E-state index contributed by atoms with van der Waals surface area (Å²) in [7, 11) is 1.04. The van der Waals surface area contributed by atoms with Crippen LogP contribution in [0.5, 0.6) is 0 Å². The highest BCUT2D eigenvalue weighted by molar-refractivity contribution is 6.27. The third-order valence-corrected chi connectivity index (χ3v) is 13.7. The van der Waals surface area contributed by atoms with E-state index in [2.05, 4.69) is 10.6 Å². The van der Waals surface area contributed by atoms with Gasteiger partial charge in [0.2, 0.25) is 0 Å². The van der Waals surface area contributed by atoms with Crippen molar-refractivity contribution >= 4 is 76.8 Å². The highest BCUT2D eigenvalue weighted by atomic mass is 35.5. The first-order chi connectivity index (χ1) is 39.8. The Balaban J connectivity index is 1.22. The Labute approximate surface area is 487 Å². The number of carbonyl (C=O) groups excluding carboxylic acids is 7. The van der Waals surface area contributed by atoms with Crippen molar-refractivity contribution in [2.45, 2.75) is 112 Å². The molecule has 442 valence electrons. The number of hydrogen-bond acceptors (Lipinski definition) is 20. The molecular formula is C57H63Cl3N2O20. The second-order valence-electron chi connectivity index (χ2n) is 18.7. The molecule has 0 unspecified atom stereocenters. The number of methoxy groups -OCH3 is 1. The van der Waals surface area contributed by atoms with Gasteiger partial charge in [-0.15, -0.1) is 34.8 Å². The molecule has 0 saturated carbocycles. The number of alkyl halides is 3. The zero-order valence-electron chi connectivity index (χ0n) is 44.5. The Morgan fingerprint density at radius 3 is 1.88 bits per heavy atom. The van der Waals surface area contributed by atoms with Crippen molar-refractivity contribution in [2.24, 2.45) is 0 Å². The van der Waals surface area contributed by atoms with E-state index in [1.54, 1.807) is 30.3 Å². The van der Waals surface area contributed by atoms with E-state index >= 15 is 0 Å². The van der Waals surface area contributed by atoms with E-state index in [0.717, 1.165) is 23.8 Å². The summed E-state index contributed by atoms with van der Waals surface area (Å²) in [6, 6.07) is 34.5. The van der Waals surface area contributed by atoms with Crippen LogP contribution >= 0.6 is 34.8 Å². The van der Waals surface area contributed by atoms with Gasteiger partial charge in [0.05, 0.1) is 45.0 Å². The van der Waals surface area contributed by atoms with Gasteiger partial charge in [-0.1, -0.05) is 109 Å². The lowest BCUT2D eigenvalue weighted by molar-refractivity contribution is -0.343. The molecule has 3 aliphatic rings. The van der Waals surface area contributed by atoms with Crippen LogP contribution < -0.4 is 10.6 Å². The summed E-state index contributed by atoms with van der Waals surface area (Å²) < 4.78 is 79.0. The lowest BCUT2D eigenvalue weighted by Crippen LogP contribution is -2.67. The lowest BCUT2D eigenvalue weighted by atomic mass is 9.88. The van der Waals surface area contributed by atoms with Gasteiger partial charge in [0.15, 0.2) is 24.6 Å². The molecule has 2 N–H and O–H groups in total. The van der Waals surface area contributed by atoms with Crippen LogP contribution in [0, 0.1) is 0 Å². The van der Waals surface area contributed by atoms with E-state index in [0.29, 0.717) is 25.8 Å². The largest absolute Gasteiger partial charge is 0.465 e. The van der Waals surface area contributed by atoms with Crippen molar-refractivity contribution < 1.29 is 95.1 Å². The molecule has 0 radical (unpaired) electrons. The van der Waals surface area contributed by atoms with E-state index in [-0.39, 0.29) is 32.0 Å². The molecule has 4 aromatic rings. The van der Waals surface area contributed by atoms with Crippen molar-refractivity contribution in [1.29, 1.82) is 0 Å². The van der Waals surface area contributed by atoms with E-state index in [1.165, 1.54) is 0 Å². The van der Waals surface area contributed by atoms with E-state index in [4.69, 9.17) is 96.4 Å². The van der Waals surface area contributed by atoms with E-state index in [1.807, 2.05) is 91.0 Å². The predicted octanol–water partition coefficient (Wildman–Crippen LogP) is 6.46. The van der Waals surface area contributed by atoms with Crippen LogP contribution in [0.2, 0.25) is 0 Å². The molecule has 7 rings (SSSR count). The molecular weight excluding hydrogens is 1140 g/mol. The standard InChI is InChI=1S/C57H63Cl3N2O20/c1-70-54(67)57(27-40-46(62-56(69)79-40)49(82-57)48(80-45(65)30-60)41(77-44(64)29-59)34-72-43(63)28-58)76-35-42-47(73-31-36-17-7-2-8-18-36)50(74-32-37-19-9-3-10-20-37)51(81-52(66)39-23-13-5-14-24-39)53(78-42)71-26-16-6-15-25-61-55(68)75-33-38-21-11-4-12-22-38/h2-5,7-14,17-24,40-42,46-51,53H,6,15-16,25-35H2,1H3,(H,61,68)(H,62,69)/t40-,41+,42+,46+,47-,48+,49+,50-,51+,53+,57+/m0/s1. The number of fused-ring (bicyclic) bond motifs is 1. The van der Waals surface area contributed by atoms with Crippen LogP contribution in [-0.4, -0.2) is 160 Å². The Morgan fingerprint density at radius 2 is 1.27 bits per heavy atom. The number of nitrogens with one attached hydrogen (secondary N) is 2. The summed E-state index contributed by atoms with van der Waals surface area (Å²) in [4.78, 5) is 92.4. The minimum absolute atomic E-state index is 0.0342. The minimum atomic E-state index is -2.59. The Morgan fingerprint density at radius 1 is 0.683 bits per heavy atom. The van der Waals surface area contributed by atoms with Crippen molar-refractivity contribution in [3.8, 4) is 0 Å². The molecule has 3 heterocycles. The molecule has 25 heteroatoms. The molecule has 0 aromatic heterocycles. The third-order valence-electron chi connectivity index (χ3n) is 13.0. The number of alkyl carbamates (subject to hydrolysis) is 2. The van der Waals surface area contributed by atoms with E-state index in [9.17, 15) is 33.6 Å². The van der Waals surface area contributed by atoms with Crippen LogP contribution in [0.4, 0.5) is 9.59 Å². The topological polar surface area (TPSA) is 264 Å². The molecule has 4 aromatic carbocycles.